The largest absolute Gasteiger partial charge is 0.480 e. The molecular weight excluding hydrogens is 222 g/mol. The Kier molecular flexibility index (Phi) is 4.06. The molecule has 0 aromatic heterocycles. The first kappa shape index (κ1) is 12.4. The summed E-state index contributed by atoms with van der Waals surface area (Å²) in [5.74, 6) is -0.999. The van der Waals surface area contributed by atoms with Crippen LogP contribution in [0.25, 0.3) is 0 Å². The van der Waals surface area contributed by atoms with Gasteiger partial charge in [0.1, 0.15) is 6.61 Å². The maximum atomic E-state index is 11.2. The SMILES string of the molecule is CS(=O)(=O)N1CCC(OCC(=O)O)CC1. The van der Waals surface area contributed by atoms with Gasteiger partial charge in [0.2, 0.25) is 10.0 Å². The normalized spacial score (nSPS) is 20.3. The average Bonchev–Trinajstić information content (AvgIpc) is 2.14. The van der Waals surface area contributed by atoms with Gasteiger partial charge in [0.15, 0.2) is 0 Å². The number of hydrogen-bond donors (Lipinski definition) is 1. The zero-order valence-corrected chi connectivity index (χ0v) is 9.37. The van der Waals surface area contributed by atoms with Crippen LogP contribution in [0.5, 0.6) is 0 Å². The molecule has 6 nitrogen and oxygen atoms in total. The molecule has 1 aliphatic rings. The molecular formula is C8H15NO5S. The van der Waals surface area contributed by atoms with E-state index in [1.807, 2.05) is 0 Å². The smallest absolute Gasteiger partial charge is 0.329 e. The number of piperidine rings is 1. The molecule has 0 bridgehead atoms. The van der Waals surface area contributed by atoms with Gasteiger partial charge in [0.25, 0.3) is 0 Å². The van der Waals surface area contributed by atoms with Crippen molar-refractivity contribution in [1.29, 1.82) is 0 Å². The van der Waals surface area contributed by atoms with E-state index >= 15 is 0 Å². The Balaban J connectivity index is 2.33. The predicted molar refractivity (Wildman–Crippen MR) is 53.0 cm³/mol. The minimum atomic E-state index is -3.12. The Morgan fingerprint density at radius 1 is 1.47 bits per heavy atom. The first-order valence-electron chi connectivity index (χ1n) is 4.68. The fraction of sp³-hybridized carbons (Fsp3) is 0.875. The van der Waals surface area contributed by atoms with Gasteiger partial charge in [-0.05, 0) is 12.8 Å². The molecule has 1 saturated heterocycles. The van der Waals surface area contributed by atoms with Crippen molar-refractivity contribution in [2.75, 3.05) is 26.0 Å². The zero-order chi connectivity index (χ0) is 11.5. The maximum Gasteiger partial charge on any atom is 0.329 e. The standard InChI is InChI=1S/C8H15NO5S/c1-15(12,13)9-4-2-7(3-5-9)14-6-8(10)11/h7H,2-6H2,1H3,(H,10,11). The lowest BCUT2D eigenvalue weighted by atomic mass is 10.1. The molecule has 7 heteroatoms. The van der Waals surface area contributed by atoms with Gasteiger partial charge < -0.3 is 9.84 Å². The maximum absolute atomic E-state index is 11.2. The van der Waals surface area contributed by atoms with E-state index in [0.717, 1.165) is 0 Å². The summed E-state index contributed by atoms with van der Waals surface area (Å²) in [6.45, 7) is 0.496. The van der Waals surface area contributed by atoms with Gasteiger partial charge in [-0.15, -0.1) is 0 Å². The Labute approximate surface area is 88.9 Å². The van der Waals surface area contributed by atoms with Crippen LogP contribution in [-0.2, 0) is 19.6 Å². The highest BCUT2D eigenvalue weighted by Gasteiger charge is 2.25. The molecule has 15 heavy (non-hydrogen) atoms. The van der Waals surface area contributed by atoms with Crippen molar-refractivity contribution in [2.24, 2.45) is 0 Å². The minimum Gasteiger partial charge on any atom is -0.480 e. The number of carboxylic acid groups (broad SMARTS) is 1. The van der Waals surface area contributed by atoms with Crippen LogP contribution in [0.3, 0.4) is 0 Å². The van der Waals surface area contributed by atoms with E-state index in [-0.39, 0.29) is 12.7 Å². The van der Waals surface area contributed by atoms with Crippen molar-refractivity contribution in [3.05, 3.63) is 0 Å². The highest BCUT2D eigenvalue weighted by atomic mass is 32.2. The summed E-state index contributed by atoms with van der Waals surface area (Å²) in [5.41, 5.74) is 0. The van der Waals surface area contributed by atoms with E-state index in [1.165, 1.54) is 10.6 Å². The van der Waals surface area contributed by atoms with Gasteiger partial charge in [-0.2, -0.15) is 0 Å². The average molecular weight is 237 g/mol. The van der Waals surface area contributed by atoms with Crippen LogP contribution < -0.4 is 0 Å². The van der Waals surface area contributed by atoms with Crippen molar-refractivity contribution >= 4 is 16.0 Å². The molecule has 0 amide bonds. The highest BCUT2D eigenvalue weighted by Crippen LogP contribution is 2.15. The first-order valence-corrected chi connectivity index (χ1v) is 6.53. The second-order valence-electron chi connectivity index (χ2n) is 3.57. The fourth-order valence-electron chi connectivity index (χ4n) is 1.52. The zero-order valence-electron chi connectivity index (χ0n) is 8.55. The number of rotatable bonds is 4. The topological polar surface area (TPSA) is 83.9 Å². The first-order chi connectivity index (χ1) is 6.89. The summed E-state index contributed by atoms with van der Waals surface area (Å²) in [4.78, 5) is 10.2. The number of hydrogen-bond acceptors (Lipinski definition) is 4. The van der Waals surface area contributed by atoms with Crippen LogP contribution in [0.1, 0.15) is 12.8 Å². The molecule has 0 aliphatic carbocycles. The third-order valence-corrected chi connectivity index (χ3v) is 3.62. The van der Waals surface area contributed by atoms with Crippen LogP contribution in [0.4, 0.5) is 0 Å². The van der Waals surface area contributed by atoms with Crippen molar-refractivity contribution in [3.63, 3.8) is 0 Å². The molecule has 1 N–H and O–H groups in total. The van der Waals surface area contributed by atoms with E-state index < -0.39 is 16.0 Å². The van der Waals surface area contributed by atoms with Crippen molar-refractivity contribution in [2.45, 2.75) is 18.9 Å². The molecule has 0 spiro atoms. The number of carbonyl (C=O) groups is 1. The Morgan fingerprint density at radius 2 is 2.00 bits per heavy atom. The van der Waals surface area contributed by atoms with Gasteiger partial charge >= 0.3 is 5.97 Å². The van der Waals surface area contributed by atoms with Gasteiger partial charge in [-0.1, -0.05) is 0 Å². The molecule has 88 valence electrons. The lowest BCUT2D eigenvalue weighted by Crippen LogP contribution is -2.40. The van der Waals surface area contributed by atoms with Gasteiger partial charge in [-0.3, -0.25) is 0 Å². The molecule has 0 atom stereocenters. The molecule has 1 heterocycles. The third kappa shape index (κ3) is 4.15. The summed E-state index contributed by atoms with van der Waals surface area (Å²) < 4.78 is 28.8. The van der Waals surface area contributed by atoms with Crippen molar-refractivity contribution in [1.82, 2.24) is 4.31 Å². The van der Waals surface area contributed by atoms with Crippen LogP contribution in [0.15, 0.2) is 0 Å². The van der Waals surface area contributed by atoms with Crippen molar-refractivity contribution in [3.8, 4) is 0 Å². The number of ether oxygens (including phenoxy) is 1. The summed E-state index contributed by atoms with van der Waals surface area (Å²) in [6, 6.07) is 0. The van der Waals surface area contributed by atoms with Crippen LogP contribution in [0.2, 0.25) is 0 Å². The number of nitrogens with zero attached hydrogens (tertiary/aromatic N) is 1. The Hall–Kier alpha value is -0.660. The van der Waals surface area contributed by atoms with E-state index in [1.54, 1.807) is 0 Å². The van der Waals surface area contributed by atoms with Gasteiger partial charge in [-0.25, -0.2) is 17.5 Å². The summed E-state index contributed by atoms with van der Waals surface area (Å²) in [5, 5.41) is 8.39. The molecule has 1 rings (SSSR count). The Bertz CT molecular complexity index is 318. The molecule has 1 aliphatic heterocycles. The number of carboxylic acids is 1. The van der Waals surface area contributed by atoms with Crippen LogP contribution >= 0.6 is 0 Å². The molecule has 0 radical (unpaired) electrons. The summed E-state index contributed by atoms with van der Waals surface area (Å²) in [6.07, 6.45) is 2.14. The molecule has 0 aromatic rings. The van der Waals surface area contributed by atoms with Crippen LogP contribution in [0, 0.1) is 0 Å². The molecule has 0 saturated carbocycles. The minimum absolute atomic E-state index is 0.140. The lowest BCUT2D eigenvalue weighted by Gasteiger charge is -2.29. The van der Waals surface area contributed by atoms with Gasteiger partial charge in [0, 0.05) is 13.1 Å². The monoisotopic (exact) mass is 237 g/mol. The highest BCUT2D eigenvalue weighted by molar-refractivity contribution is 7.88. The van der Waals surface area contributed by atoms with E-state index in [2.05, 4.69) is 0 Å². The van der Waals surface area contributed by atoms with E-state index in [0.29, 0.717) is 25.9 Å². The number of aliphatic carboxylic acids is 1. The van der Waals surface area contributed by atoms with E-state index in [4.69, 9.17) is 9.84 Å². The van der Waals surface area contributed by atoms with Crippen LogP contribution in [-0.4, -0.2) is 55.9 Å². The Morgan fingerprint density at radius 3 is 2.40 bits per heavy atom. The lowest BCUT2D eigenvalue weighted by molar-refractivity contribution is -0.145. The molecule has 0 aromatic carbocycles. The molecule has 1 fully saturated rings. The quantitative estimate of drug-likeness (QED) is 0.713. The van der Waals surface area contributed by atoms with Gasteiger partial charge in [0.05, 0.1) is 12.4 Å². The third-order valence-electron chi connectivity index (χ3n) is 2.31. The molecule has 0 unspecified atom stereocenters. The fourth-order valence-corrected chi connectivity index (χ4v) is 2.39. The van der Waals surface area contributed by atoms with Crippen molar-refractivity contribution < 1.29 is 23.1 Å². The van der Waals surface area contributed by atoms with E-state index in [9.17, 15) is 13.2 Å². The summed E-state index contributed by atoms with van der Waals surface area (Å²) >= 11 is 0. The predicted octanol–water partition coefficient (Wildman–Crippen LogP) is -0.488. The second kappa shape index (κ2) is 4.91. The summed E-state index contributed by atoms with van der Waals surface area (Å²) in [7, 11) is -3.12. The second-order valence-corrected chi connectivity index (χ2v) is 5.55. The number of sulfonamides is 1.